The molecule has 0 bridgehead atoms. The molecule has 0 aliphatic heterocycles. The van der Waals surface area contributed by atoms with Crippen molar-refractivity contribution in [3.63, 3.8) is 0 Å². The Morgan fingerprint density at radius 3 is 2.56 bits per heavy atom. The van der Waals surface area contributed by atoms with Crippen LogP contribution in [-0.4, -0.2) is 16.0 Å². The Labute approximate surface area is 108 Å². The summed E-state index contributed by atoms with van der Waals surface area (Å²) in [5, 5.41) is 0. The molecule has 2 N–H and O–H groups in total. The first-order valence-electron chi connectivity index (χ1n) is 6.34. The highest BCUT2D eigenvalue weighted by molar-refractivity contribution is 5.54. The second-order valence-electron chi connectivity index (χ2n) is 4.56. The molecule has 0 amide bonds. The standard InChI is InChI=1S/C15H19N3/c1-3-13(16)10-14-9-11(2)17-15(18-14)12-7-5-4-6-8-12/h4-9,13H,3,10,16H2,1-2H3. The predicted octanol–water partition coefficient (Wildman–Crippen LogP) is 2.73. The fraction of sp³-hybridized carbons (Fsp3) is 0.333. The van der Waals surface area contributed by atoms with Gasteiger partial charge in [0.2, 0.25) is 0 Å². The van der Waals surface area contributed by atoms with Gasteiger partial charge in [0.25, 0.3) is 0 Å². The second-order valence-corrected chi connectivity index (χ2v) is 4.56. The minimum absolute atomic E-state index is 0.169. The Balaban J connectivity index is 2.32. The van der Waals surface area contributed by atoms with Gasteiger partial charge < -0.3 is 5.73 Å². The summed E-state index contributed by atoms with van der Waals surface area (Å²) in [7, 11) is 0. The van der Waals surface area contributed by atoms with Gasteiger partial charge in [0.05, 0.1) is 0 Å². The average Bonchev–Trinajstić information content (AvgIpc) is 2.39. The molecule has 0 saturated carbocycles. The molecule has 1 atom stereocenters. The summed E-state index contributed by atoms with van der Waals surface area (Å²) in [5.41, 5.74) is 9.04. The van der Waals surface area contributed by atoms with Crippen molar-refractivity contribution < 1.29 is 0 Å². The second kappa shape index (κ2) is 5.74. The van der Waals surface area contributed by atoms with Gasteiger partial charge in [0.15, 0.2) is 5.82 Å². The smallest absolute Gasteiger partial charge is 0.159 e. The van der Waals surface area contributed by atoms with E-state index in [-0.39, 0.29) is 6.04 Å². The lowest BCUT2D eigenvalue weighted by molar-refractivity contribution is 0.635. The van der Waals surface area contributed by atoms with Crippen LogP contribution in [0.3, 0.4) is 0 Å². The summed E-state index contributed by atoms with van der Waals surface area (Å²) in [6.45, 7) is 4.09. The van der Waals surface area contributed by atoms with E-state index in [4.69, 9.17) is 5.73 Å². The fourth-order valence-electron chi connectivity index (χ4n) is 1.87. The van der Waals surface area contributed by atoms with Crippen LogP contribution in [-0.2, 0) is 6.42 Å². The number of benzene rings is 1. The molecule has 18 heavy (non-hydrogen) atoms. The summed E-state index contributed by atoms with van der Waals surface area (Å²) in [6, 6.07) is 12.2. The van der Waals surface area contributed by atoms with E-state index in [1.165, 1.54) is 0 Å². The van der Waals surface area contributed by atoms with Crippen molar-refractivity contribution in [1.29, 1.82) is 0 Å². The Morgan fingerprint density at radius 2 is 1.89 bits per heavy atom. The number of rotatable bonds is 4. The van der Waals surface area contributed by atoms with Crippen LogP contribution in [0.1, 0.15) is 24.7 Å². The Hall–Kier alpha value is -1.74. The van der Waals surface area contributed by atoms with Gasteiger partial charge in [-0.3, -0.25) is 0 Å². The first-order chi connectivity index (χ1) is 8.69. The van der Waals surface area contributed by atoms with Crippen molar-refractivity contribution in [3.05, 3.63) is 47.8 Å². The minimum atomic E-state index is 0.169. The zero-order valence-corrected chi connectivity index (χ0v) is 10.9. The van der Waals surface area contributed by atoms with Gasteiger partial charge in [-0.05, 0) is 19.4 Å². The van der Waals surface area contributed by atoms with Gasteiger partial charge in [0, 0.05) is 29.4 Å². The van der Waals surface area contributed by atoms with Gasteiger partial charge in [-0.25, -0.2) is 9.97 Å². The van der Waals surface area contributed by atoms with Crippen molar-refractivity contribution in [1.82, 2.24) is 9.97 Å². The first kappa shape index (κ1) is 12.7. The van der Waals surface area contributed by atoms with Crippen molar-refractivity contribution >= 4 is 0 Å². The summed E-state index contributed by atoms with van der Waals surface area (Å²) < 4.78 is 0. The number of nitrogens with zero attached hydrogens (tertiary/aromatic N) is 2. The molecule has 1 aromatic carbocycles. The molecule has 1 aromatic heterocycles. The van der Waals surface area contributed by atoms with E-state index >= 15 is 0 Å². The lowest BCUT2D eigenvalue weighted by Gasteiger charge is -2.10. The molecule has 0 saturated heterocycles. The van der Waals surface area contributed by atoms with Crippen LogP contribution in [0.15, 0.2) is 36.4 Å². The van der Waals surface area contributed by atoms with E-state index in [1.807, 2.05) is 43.3 Å². The van der Waals surface area contributed by atoms with Gasteiger partial charge >= 0.3 is 0 Å². The molecule has 2 aromatic rings. The van der Waals surface area contributed by atoms with E-state index < -0.39 is 0 Å². The zero-order valence-electron chi connectivity index (χ0n) is 10.9. The van der Waals surface area contributed by atoms with Crippen molar-refractivity contribution in [2.45, 2.75) is 32.7 Å². The lowest BCUT2D eigenvalue weighted by atomic mass is 10.1. The zero-order chi connectivity index (χ0) is 13.0. The van der Waals surface area contributed by atoms with Crippen LogP contribution >= 0.6 is 0 Å². The summed E-state index contributed by atoms with van der Waals surface area (Å²) >= 11 is 0. The largest absolute Gasteiger partial charge is 0.327 e. The molecule has 1 heterocycles. The number of aryl methyl sites for hydroxylation is 1. The Kier molecular flexibility index (Phi) is 4.05. The average molecular weight is 241 g/mol. The van der Waals surface area contributed by atoms with Crippen LogP contribution in [0.4, 0.5) is 0 Å². The Morgan fingerprint density at radius 1 is 1.17 bits per heavy atom. The molecule has 3 nitrogen and oxygen atoms in total. The summed E-state index contributed by atoms with van der Waals surface area (Å²) in [5.74, 6) is 0.786. The third-order valence-electron chi connectivity index (χ3n) is 2.93. The SMILES string of the molecule is CCC(N)Cc1cc(C)nc(-c2ccccc2)n1. The summed E-state index contributed by atoms with van der Waals surface area (Å²) in [6.07, 6.45) is 1.77. The quantitative estimate of drug-likeness (QED) is 0.895. The van der Waals surface area contributed by atoms with Gasteiger partial charge in [-0.2, -0.15) is 0 Å². The van der Waals surface area contributed by atoms with Gasteiger partial charge in [0.1, 0.15) is 0 Å². The highest BCUT2D eigenvalue weighted by atomic mass is 14.9. The molecule has 0 aliphatic rings. The third kappa shape index (κ3) is 3.14. The first-order valence-corrected chi connectivity index (χ1v) is 6.34. The highest BCUT2D eigenvalue weighted by Gasteiger charge is 2.07. The van der Waals surface area contributed by atoms with Crippen molar-refractivity contribution in [3.8, 4) is 11.4 Å². The molecule has 0 fully saturated rings. The van der Waals surface area contributed by atoms with E-state index in [0.29, 0.717) is 0 Å². The van der Waals surface area contributed by atoms with Crippen LogP contribution in [0.25, 0.3) is 11.4 Å². The number of nitrogens with two attached hydrogens (primary N) is 1. The van der Waals surface area contributed by atoms with Crippen LogP contribution in [0.2, 0.25) is 0 Å². The monoisotopic (exact) mass is 241 g/mol. The van der Waals surface area contributed by atoms with Crippen molar-refractivity contribution in [2.24, 2.45) is 5.73 Å². The summed E-state index contributed by atoms with van der Waals surface area (Å²) in [4.78, 5) is 9.09. The van der Waals surface area contributed by atoms with E-state index in [9.17, 15) is 0 Å². The molecular formula is C15H19N3. The maximum Gasteiger partial charge on any atom is 0.159 e. The maximum atomic E-state index is 5.98. The number of hydrogen-bond acceptors (Lipinski definition) is 3. The lowest BCUT2D eigenvalue weighted by Crippen LogP contribution is -2.22. The predicted molar refractivity (Wildman–Crippen MR) is 74.2 cm³/mol. The van der Waals surface area contributed by atoms with Crippen LogP contribution in [0, 0.1) is 6.92 Å². The molecule has 0 aliphatic carbocycles. The minimum Gasteiger partial charge on any atom is -0.327 e. The molecule has 3 heteroatoms. The van der Waals surface area contributed by atoms with Crippen LogP contribution < -0.4 is 5.73 Å². The van der Waals surface area contributed by atoms with E-state index in [2.05, 4.69) is 16.9 Å². The van der Waals surface area contributed by atoms with Crippen molar-refractivity contribution in [2.75, 3.05) is 0 Å². The molecule has 1 unspecified atom stereocenters. The number of aromatic nitrogens is 2. The van der Waals surface area contributed by atoms with E-state index in [0.717, 1.165) is 35.6 Å². The molecular weight excluding hydrogens is 222 g/mol. The fourth-order valence-corrected chi connectivity index (χ4v) is 1.87. The molecule has 94 valence electrons. The third-order valence-corrected chi connectivity index (χ3v) is 2.93. The topological polar surface area (TPSA) is 51.8 Å². The number of hydrogen-bond donors (Lipinski definition) is 1. The maximum absolute atomic E-state index is 5.98. The van der Waals surface area contributed by atoms with E-state index in [1.54, 1.807) is 0 Å². The highest BCUT2D eigenvalue weighted by Crippen LogP contribution is 2.16. The molecule has 0 spiro atoms. The normalized spacial score (nSPS) is 12.4. The molecule has 0 radical (unpaired) electrons. The van der Waals surface area contributed by atoms with Crippen LogP contribution in [0.5, 0.6) is 0 Å². The molecule has 2 rings (SSSR count). The van der Waals surface area contributed by atoms with Gasteiger partial charge in [-0.15, -0.1) is 0 Å². The van der Waals surface area contributed by atoms with Gasteiger partial charge in [-0.1, -0.05) is 37.3 Å². The Bertz CT molecular complexity index is 508.